The van der Waals surface area contributed by atoms with E-state index in [0.717, 1.165) is 18.1 Å². The van der Waals surface area contributed by atoms with Crippen LogP contribution in [0.25, 0.3) is 0 Å². The molecule has 0 aromatic carbocycles. The second-order valence-corrected chi connectivity index (χ2v) is 6.62. The summed E-state index contributed by atoms with van der Waals surface area (Å²) in [5, 5.41) is 14.0. The number of rotatable bonds is 7. The van der Waals surface area contributed by atoms with Gasteiger partial charge in [-0.05, 0) is 19.3 Å². The van der Waals surface area contributed by atoms with E-state index in [1.165, 1.54) is 18.6 Å². The van der Waals surface area contributed by atoms with Crippen molar-refractivity contribution in [2.24, 2.45) is 0 Å². The highest BCUT2D eigenvalue weighted by Crippen LogP contribution is 2.39. The number of hydrogen-bond acceptors (Lipinski definition) is 4. The third-order valence-electron chi connectivity index (χ3n) is 2.37. The van der Waals surface area contributed by atoms with E-state index >= 15 is 0 Å². The summed E-state index contributed by atoms with van der Waals surface area (Å²) in [6.07, 6.45) is 4.55. The van der Waals surface area contributed by atoms with E-state index in [0.29, 0.717) is 6.54 Å². The van der Waals surface area contributed by atoms with Crippen molar-refractivity contribution in [3.05, 3.63) is 0 Å². The van der Waals surface area contributed by atoms with Crippen molar-refractivity contribution in [1.82, 2.24) is 10.6 Å². The Morgan fingerprint density at radius 3 is 2.76 bits per heavy atom. The maximum Gasteiger partial charge on any atom is 0.323 e. The monoisotopic (exact) mass is 278 g/mol. The van der Waals surface area contributed by atoms with Crippen LogP contribution in [0.3, 0.4) is 0 Å². The Bertz CT molecular complexity index is 258. The van der Waals surface area contributed by atoms with Crippen LogP contribution >= 0.6 is 21.6 Å². The smallest absolute Gasteiger partial charge is 0.323 e. The van der Waals surface area contributed by atoms with Gasteiger partial charge in [0.2, 0.25) is 0 Å². The third kappa shape index (κ3) is 7.38. The molecule has 0 spiro atoms. The van der Waals surface area contributed by atoms with E-state index < -0.39 is 12.0 Å². The Hall–Kier alpha value is -0.560. The fraction of sp³-hybridized carbons (Fsp3) is 0.800. The molecule has 0 aromatic rings. The van der Waals surface area contributed by atoms with Gasteiger partial charge >= 0.3 is 12.0 Å². The largest absolute Gasteiger partial charge is 0.480 e. The maximum atomic E-state index is 11.1. The topological polar surface area (TPSA) is 78.4 Å². The molecule has 0 radical (unpaired) electrons. The normalized spacial score (nSPS) is 18.9. The van der Waals surface area contributed by atoms with Crippen molar-refractivity contribution >= 4 is 33.6 Å². The fourth-order valence-electron chi connectivity index (χ4n) is 1.48. The van der Waals surface area contributed by atoms with Crippen molar-refractivity contribution in [1.29, 1.82) is 0 Å². The summed E-state index contributed by atoms with van der Waals surface area (Å²) in [7, 11) is 3.91. The first-order valence-corrected chi connectivity index (χ1v) is 8.08. The second-order valence-electron chi connectivity index (χ2n) is 3.83. The van der Waals surface area contributed by atoms with Crippen LogP contribution in [0.1, 0.15) is 25.7 Å². The number of carboxylic acid groups (broad SMARTS) is 1. The van der Waals surface area contributed by atoms with Crippen molar-refractivity contribution in [3.63, 3.8) is 0 Å². The third-order valence-corrected chi connectivity index (χ3v) is 5.37. The number of carbonyl (C=O) groups is 2. The van der Waals surface area contributed by atoms with Gasteiger partial charge in [-0.25, -0.2) is 4.79 Å². The van der Waals surface area contributed by atoms with E-state index in [2.05, 4.69) is 10.6 Å². The van der Waals surface area contributed by atoms with Crippen LogP contribution in [-0.4, -0.2) is 41.2 Å². The van der Waals surface area contributed by atoms with Crippen LogP contribution < -0.4 is 10.6 Å². The standard InChI is InChI=1S/C10H18N2O3S2/c13-9(14)7-12-10(15)11-5-2-1-3-8-4-6-16-17-8/h8H,1-7H2,(H,13,14)(H2,11,12,15). The average molecular weight is 278 g/mol. The molecule has 1 fully saturated rings. The van der Waals surface area contributed by atoms with Crippen molar-refractivity contribution < 1.29 is 14.7 Å². The summed E-state index contributed by atoms with van der Waals surface area (Å²) in [5.74, 6) is 0.224. The van der Waals surface area contributed by atoms with Gasteiger partial charge in [0.05, 0.1) is 0 Å². The van der Waals surface area contributed by atoms with E-state index in [4.69, 9.17) is 5.11 Å². The molecular weight excluding hydrogens is 260 g/mol. The Kier molecular flexibility index (Phi) is 7.27. The molecule has 3 N–H and O–H groups in total. The van der Waals surface area contributed by atoms with E-state index in [1.807, 2.05) is 21.6 Å². The van der Waals surface area contributed by atoms with E-state index in [-0.39, 0.29) is 6.54 Å². The summed E-state index contributed by atoms with van der Waals surface area (Å²) >= 11 is 0. The molecular formula is C10H18N2O3S2. The van der Waals surface area contributed by atoms with Gasteiger partial charge in [-0.2, -0.15) is 0 Å². The van der Waals surface area contributed by atoms with Crippen molar-refractivity contribution in [2.45, 2.75) is 30.9 Å². The molecule has 7 heteroatoms. The first-order valence-electron chi connectivity index (χ1n) is 5.70. The average Bonchev–Trinajstić information content (AvgIpc) is 2.79. The van der Waals surface area contributed by atoms with Crippen LogP contribution in [0.2, 0.25) is 0 Å². The highest BCUT2D eigenvalue weighted by Gasteiger charge is 2.15. The van der Waals surface area contributed by atoms with Gasteiger partial charge in [0.1, 0.15) is 6.54 Å². The first kappa shape index (κ1) is 14.5. The Balaban J connectivity index is 1.89. The number of unbranched alkanes of at least 4 members (excludes halogenated alkanes) is 1. The van der Waals surface area contributed by atoms with Gasteiger partial charge in [0, 0.05) is 17.5 Å². The fourth-order valence-corrected chi connectivity index (χ4v) is 4.51. The van der Waals surface area contributed by atoms with Crippen LogP contribution in [0.4, 0.5) is 4.79 Å². The molecule has 17 heavy (non-hydrogen) atoms. The molecule has 0 bridgehead atoms. The highest BCUT2D eigenvalue weighted by atomic mass is 33.1. The minimum absolute atomic E-state index is 0.332. The molecule has 0 aliphatic carbocycles. The number of amides is 2. The van der Waals surface area contributed by atoms with Crippen LogP contribution in [0.5, 0.6) is 0 Å². The first-order chi connectivity index (χ1) is 8.18. The lowest BCUT2D eigenvalue weighted by Gasteiger charge is -2.08. The zero-order chi connectivity index (χ0) is 12.5. The maximum absolute atomic E-state index is 11.1. The highest BCUT2D eigenvalue weighted by molar-refractivity contribution is 8.77. The molecule has 1 unspecified atom stereocenters. The Morgan fingerprint density at radius 1 is 1.29 bits per heavy atom. The Labute approximate surface area is 109 Å². The molecule has 1 saturated heterocycles. The van der Waals surface area contributed by atoms with Crippen molar-refractivity contribution in [2.75, 3.05) is 18.8 Å². The summed E-state index contributed by atoms with van der Waals surface area (Å²) in [6.45, 7) is 0.276. The molecule has 0 saturated carbocycles. The predicted octanol–water partition coefficient (Wildman–Crippen LogP) is 1.69. The molecule has 1 rings (SSSR count). The van der Waals surface area contributed by atoms with Crippen LogP contribution in [0.15, 0.2) is 0 Å². The molecule has 1 aliphatic heterocycles. The van der Waals surface area contributed by atoms with Gasteiger partial charge in [-0.15, -0.1) is 0 Å². The minimum atomic E-state index is -1.03. The summed E-state index contributed by atoms with van der Waals surface area (Å²) in [4.78, 5) is 21.3. The van der Waals surface area contributed by atoms with Gasteiger partial charge in [0.25, 0.3) is 0 Å². The predicted molar refractivity (Wildman–Crippen MR) is 71.3 cm³/mol. The number of carboxylic acids is 1. The molecule has 98 valence electrons. The summed E-state index contributed by atoms with van der Waals surface area (Å²) in [5.41, 5.74) is 0. The van der Waals surface area contributed by atoms with E-state index in [1.54, 1.807) is 0 Å². The number of hydrogen-bond donors (Lipinski definition) is 3. The molecule has 1 atom stereocenters. The molecule has 0 aromatic heterocycles. The molecule has 2 amide bonds. The van der Waals surface area contributed by atoms with Gasteiger partial charge in [0.15, 0.2) is 0 Å². The quantitative estimate of drug-likeness (QED) is 0.488. The second kappa shape index (κ2) is 8.52. The van der Waals surface area contributed by atoms with Crippen LogP contribution in [0, 0.1) is 0 Å². The van der Waals surface area contributed by atoms with Gasteiger partial charge in [-0.1, -0.05) is 28.0 Å². The lowest BCUT2D eigenvalue weighted by Crippen LogP contribution is -2.38. The number of aliphatic carboxylic acids is 1. The number of nitrogens with one attached hydrogen (secondary N) is 2. The molecule has 5 nitrogen and oxygen atoms in total. The van der Waals surface area contributed by atoms with Gasteiger partial charge < -0.3 is 15.7 Å². The minimum Gasteiger partial charge on any atom is -0.480 e. The van der Waals surface area contributed by atoms with Gasteiger partial charge in [-0.3, -0.25) is 4.79 Å². The Morgan fingerprint density at radius 2 is 2.12 bits per heavy atom. The molecule has 1 heterocycles. The SMILES string of the molecule is O=C(O)CNC(=O)NCCCCC1CCSS1. The summed E-state index contributed by atoms with van der Waals surface area (Å²) < 4.78 is 0. The van der Waals surface area contributed by atoms with Crippen LogP contribution in [-0.2, 0) is 4.79 Å². The zero-order valence-electron chi connectivity index (χ0n) is 9.61. The number of urea groups is 1. The summed E-state index contributed by atoms with van der Waals surface area (Å²) in [6, 6.07) is -0.404. The molecule has 1 aliphatic rings. The zero-order valence-corrected chi connectivity index (χ0v) is 11.2. The van der Waals surface area contributed by atoms with E-state index in [9.17, 15) is 9.59 Å². The van der Waals surface area contributed by atoms with Crippen molar-refractivity contribution in [3.8, 4) is 0 Å². The lowest BCUT2D eigenvalue weighted by molar-refractivity contribution is -0.135. The lowest BCUT2D eigenvalue weighted by atomic mass is 10.1. The number of carbonyl (C=O) groups excluding carboxylic acids is 1.